The topological polar surface area (TPSA) is 63.4 Å². The van der Waals surface area contributed by atoms with Crippen molar-refractivity contribution in [1.82, 2.24) is 4.90 Å². The Bertz CT molecular complexity index is 425. The summed E-state index contributed by atoms with van der Waals surface area (Å²) in [6.45, 7) is 0.320. The summed E-state index contributed by atoms with van der Waals surface area (Å²) >= 11 is 0. The Hall–Kier alpha value is -0.340. The van der Waals surface area contributed by atoms with Gasteiger partial charge in [0, 0.05) is 24.9 Å². The predicted molar refractivity (Wildman–Crippen MR) is 72.1 cm³/mol. The van der Waals surface area contributed by atoms with Crippen molar-refractivity contribution in [3.8, 4) is 0 Å². The van der Waals surface area contributed by atoms with Crippen LogP contribution >= 0.6 is 0 Å². The fourth-order valence-corrected chi connectivity index (χ4v) is 3.45. The number of alkyl halides is 3. The summed E-state index contributed by atoms with van der Waals surface area (Å²) in [6.07, 6.45) is -1.97. The van der Waals surface area contributed by atoms with Crippen molar-refractivity contribution in [2.24, 2.45) is 11.7 Å². The fourth-order valence-electron chi connectivity index (χ4n) is 2.85. The summed E-state index contributed by atoms with van der Waals surface area (Å²) < 4.78 is 61.1. The van der Waals surface area contributed by atoms with Crippen molar-refractivity contribution >= 4 is 9.84 Å². The SMILES string of the molecule is CN(CCS(C)(=O)=O)C1(CN)CCCC(C(F)(F)F)C1. The van der Waals surface area contributed by atoms with Crippen LogP contribution < -0.4 is 5.73 Å². The minimum Gasteiger partial charge on any atom is -0.329 e. The molecule has 0 amide bonds. The molecular weight excluding hydrogens is 293 g/mol. The van der Waals surface area contributed by atoms with Crippen LogP contribution in [0.25, 0.3) is 0 Å². The number of nitrogens with zero attached hydrogens (tertiary/aromatic N) is 1. The highest BCUT2D eigenvalue weighted by molar-refractivity contribution is 7.90. The molecule has 0 aromatic rings. The van der Waals surface area contributed by atoms with Crippen molar-refractivity contribution in [2.75, 3.05) is 32.1 Å². The summed E-state index contributed by atoms with van der Waals surface area (Å²) in [7, 11) is -1.48. The maximum atomic E-state index is 12.9. The molecule has 0 aromatic heterocycles. The van der Waals surface area contributed by atoms with Gasteiger partial charge in [-0.2, -0.15) is 13.2 Å². The van der Waals surface area contributed by atoms with Crippen molar-refractivity contribution in [2.45, 2.75) is 37.4 Å². The Kier molecular flexibility index (Phi) is 5.48. The van der Waals surface area contributed by atoms with Crippen LogP contribution in [0.2, 0.25) is 0 Å². The summed E-state index contributed by atoms with van der Waals surface area (Å²) in [5.41, 5.74) is 4.98. The summed E-state index contributed by atoms with van der Waals surface area (Å²) in [6, 6.07) is 0. The summed E-state index contributed by atoms with van der Waals surface area (Å²) in [4.78, 5) is 1.70. The van der Waals surface area contributed by atoms with E-state index in [-0.39, 0.29) is 31.7 Å². The van der Waals surface area contributed by atoms with Gasteiger partial charge in [-0.15, -0.1) is 0 Å². The zero-order chi connectivity index (χ0) is 15.6. The molecule has 1 aliphatic rings. The molecule has 0 bridgehead atoms. The normalized spacial score (nSPS) is 28.9. The molecule has 1 fully saturated rings. The first-order chi connectivity index (χ1) is 9.00. The lowest BCUT2D eigenvalue weighted by atomic mass is 9.74. The van der Waals surface area contributed by atoms with Crippen LogP contribution in [0, 0.1) is 5.92 Å². The van der Waals surface area contributed by atoms with Crippen LogP contribution in [0.15, 0.2) is 0 Å². The molecular formula is C12H23F3N2O2S. The number of sulfone groups is 1. The van der Waals surface area contributed by atoms with Gasteiger partial charge in [0.1, 0.15) is 9.84 Å². The second kappa shape index (κ2) is 6.19. The molecule has 2 atom stereocenters. The van der Waals surface area contributed by atoms with E-state index >= 15 is 0 Å². The predicted octanol–water partition coefficient (Wildman–Crippen LogP) is 1.41. The van der Waals surface area contributed by atoms with E-state index in [1.54, 1.807) is 11.9 Å². The molecule has 0 spiro atoms. The first-order valence-electron chi connectivity index (χ1n) is 6.66. The first-order valence-corrected chi connectivity index (χ1v) is 8.72. The molecule has 0 heterocycles. The van der Waals surface area contributed by atoms with Gasteiger partial charge in [0.05, 0.1) is 11.7 Å². The van der Waals surface area contributed by atoms with Crippen LogP contribution in [0.3, 0.4) is 0 Å². The van der Waals surface area contributed by atoms with Crippen molar-refractivity contribution in [3.05, 3.63) is 0 Å². The van der Waals surface area contributed by atoms with E-state index in [1.165, 1.54) is 0 Å². The van der Waals surface area contributed by atoms with E-state index < -0.39 is 27.5 Å². The highest BCUT2D eigenvalue weighted by atomic mass is 32.2. The Labute approximate surface area is 118 Å². The van der Waals surface area contributed by atoms with E-state index in [1.807, 2.05) is 0 Å². The first kappa shape index (κ1) is 17.7. The average molecular weight is 316 g/mol. The van der Waals surface area contributed by atoms with Crippen LogP contribution in [0.1, 0.15) is 25.7 Å². The van der Waals surface area contributed by atoms with Crippen LogP contribution in [-0.4, -0.2) is 57.2 Å². The molecule has 2 N–H and O–H groups in total. The third kappa shape index (κ3) is 4.60. The van der Waals surface area contributed by atoms with Gasteiger partial charge in [-0.1, -0.05) is 6.42 Å². The quantitative estimate of drug-likeness (QED) is 0.833. The van der Waals surface area contributed by atoms with Gasteiger partial charge in [-0.3, -0.25) is 4.90 Å². The zero-order valence-corrected chi connectivity index (χ0v) is 12.7. The molecule has 1 aliphatic carbocycles. The molecule has 1 saturated carbocycles. The van der Waals surface area contributed by atoms with Gasteiger partial charge < -0.3 is 5.73 Å². The van der Waals surface area contributed by atoms with E-state index in [0.717, 1.165) is 6.26 Å². The van der Waals surface area contributed by atoms with Gasteiger partial charge in [0.15, 0.2) is 0 Å². The summed E-state index contributed by atoms with van der Waals surface area (Å²) in [5, 5.41) is 0. The number of likely N-dealkylation sites (N-methyl/N-ethyl adjacent to an activating group) is 1. The van der Waals surface area contributed by atoms with E-state index in [0.29, 0.717) is 12.8 Å². The number of nitrogens with two attached hydrogens (primary N) is 1. The van der Waals surface area contributed by atoms with E-state index in [4.69, 9.17) is 5.73 Å². The molecule has 0 saturated heterocycles. The van der Waals surface area contributed by atoms with Gasteiger partial charge in [-0.25, -0.2) is 8.42 Å². The monoisotopic (exact) mass is 316 g/mol. The maximum Gasteiger partial charge on any atom is 0.391 e. The third-order valence-corrected chi connectivity index (χ3v) is 5.20. The molecule has 120 valence electrons. The zero-order valence-electron chi connectivity index (χ0n) is 11.9. The van der Waals surface area contributed by atoms with E-state index in [9.17, 15) is 21.6 Å². The summed E-state index contributed by atoms with van der Waals surface area (Å²) in [5.74, 6) is -1.41. The molecule has 8 heteroatoms. The Morgan fingerprint density at radius 1 is 1.40 bits per heavy atom. The number of rotatable bonds is 5. The number of halogens is 3. The minimum atomic E-state index is -4.21. The molecule has 4 nitrogen and oxygen atoms in total. The molecule has 0 aliphatic heterocycles. The highest BCUT2D eigenvalue weighted by Crippen LogP contribution is 2.43. The lowest BCUT2D eigenvalue weighted by Crippen LogP contribution is -2.57. The minimum absolute atomic E-state index is 0.0484. The lowest BCUT2D eigenvalue weighted by molar-refractivity contribution is -0.192. The average Bonchev–Trinajstić information content (AvgIpc) is 2.34. The molecule has 0 radical (unpaired) electrons. The highest BCUT2D eigenvalue weighted by Gasteiger charge is 2.48. The van der Waals surface area contributed by atoms with Crippen LogP contribution in [-0.2, 0) is 9.84 Å². The number of hydrogen-bond donors (Lipinski definition) is 1. The van der Waals surface area contributed by atoms with E-state index in [2.05, 4.69) is 0 Å². The van der Waals surface area contributed by atoms with Gasteiger partial charge in [0.2, 0.25) is 0 Å². The molecule has 2 unspecified atom stereocenters. The molecule has 1 rings (SSSR count). The Balaban J connectivity index is 2.80. The second-order valence-corrected chi connectivity index (χ2v) is 8.07. The number of hydrogen-bond acceptors (Lipinski definition) is 4. The van der Waals surface area contributed by atoms with Crippen molar-refractivity contribution in [3.63, 3.8) is 0 Å². The largest absolute Gasteiger partial charge is 0.391 e. The maximum absolute atomic E-state index is 12.9. The van der Waals surface area contributed by atoms with Crippen molar-refractivity contribution < 1.29 is 21.6 Å². The molecule has 0 aromatic carbocycles. The molecule has 20 heavy (non-hydrogen) atoms. The second-order valence-electron chi connectivity index (χ2n) is 5.81. The van der Waals surface area contributed by atoms with Crippen molar-refractivity contribution in [1.29, 1.82) is 0 Å². The smallest absolute Gasteiger partial charge is 0.329 e. The van der Waals surface area contributed by atoms with Crippen LogP contribution in [0.5, 0.6) is 0 Å². The van der Waals surface area contributed by atoms with Crippen LogP contribution in [0.4, 0.5) is 13.2 Å². The third-order valence-electron chi connectivity index (χ3n) is 4.27. The van der Waals surface area contributed by atoms with Gasteiger partial charge in [-0.05, 0) is 26.3 Å². The Morgan fingerprint density at radius 3 is 2.45 bits per heavy atom. The lowest BCUT2D eigenvalue weighted by Gasteiger charge is -2.47. The fraction of sp³-hybridized carbons (Fsp3) is 1.00. The van der Waals surface area contributed by atoms with Gasteiger partial charge in [0.25, 0.3) is 0 Å². The van der Waals surface area contributed by atoms with Gasteiger partial charge >= 0.3 is 6.18 Å². The Morgan fingerprint density at radius 2 is 2.00 bits per heavy atom. The standard InChI is InChI=1S/C12H23F3N2O2S/c1-17(6-7-20(2,18)19)11(9-16)5-3-4-10(8-11)12(13,14)15/h10H,3-9,16H2,1-2H3.